The van der Waals surface area contributed by atoms with Gasteiger partial charge in [-0.05, 0) is 24.6 Å². The third-order valence-electron chi connectivity index (χ3n) is 2.92. The molecule has 100 valence electrons. The summed E-state index contributed by atoms with van der Waals surface area (Å²) in [4.78, 5) is 13.3. The van der Waals surface area contributed by atoms with Crippen LogP contribution < -0.4 is 5.73 Å². The van der Waals surface area contributed by atoms with Gasteiger partial charge >= 0.3 is 0 Å². The standard InChI is InChI=1S/C13H18F2N2O/c1-3-9(7-16)13(18)17(2)8-10-6-11(14)4-5-12(10)15/h4-6,9H,3,7-8,16H2,1-2H3. The predicted octanol–water partition coefficient (Wildman–Crippen LogP) is 1.91. The Balaban J connectivity index is 2.77. The summed E-state index contributed by atoms with van der Waals surface area (Å²) in [6, 6.07) is 3.21. The minimum atomic E-state index is -0.517. The van der Waals surface area contributed by atoms with E-state index in [2.05, 4.69) is 0 Å². The molecule has 3 nitrogen and oxygen atoms in total. The van der Waals surface area contributed by atoms with Crippen LogP contribution in [0.25, 0.3) is 0 Å². The highest BCUT2D eigenvalue weighted by atomic mass is 19.1. The second-order valence-electron chi connectivity index (χ2n) is 4.27. The van der Waals surface area contributed by atoms with E-state index < -0.39 is 11.6 Å². The van der Waals surface area contributed by atoms with Crippen LogP contribution in [0.1, 0.15) is 18.9 Å². The Morgan fingerprint density at radius 2 is 2.11 bits per heavy atom. The number of carbonyl (C=O) groups excluding carboxylic acids is 1. The average molecular weight is 256 g/mol. The Kier molecular flexibility index (Phi) is 5.22. The predicted molar refractivity (Wildman–Crippen MR) is 65.7 cm³/mol. The molecule has 0 saturated carbocycles. The third-order valence-corrected chi connectivity index (χ3v) is 2.92. The average Bonchev–Trinajstić information content (AvgIpc) is 2.35. The van der Waals surface area contributed by atoms with Crippen LogP contribution >= 0.6 is 0 Å². The molecule has 1 aromatic rings. The molecule has 1 aromatic carbocycles. The molecule has 1 atom stereocenters. The van der Waals surface area contributed by atoms with Crippen molar-refractivity contribution in [2.45, 2.75) is 19.9 Å². The Morgan fingerprint density at radius 3 is 2.67 bits per heavy atom. The van der Waals surface area contributed by atoms with Crippen molar-refractivity contribution in [3.63, 3.8) is 0 Å². The first-order valence-electron chi connectivity index (χ1n) is 5.88. The fraction of sp³-hybridized carbons (Fsp3) is 0.462. The first-order valence-corrected chi connectivity index (χ1v) is 5.88. The van der Waals surface area contributed by atoms with Gasteiger partial charge in [-0.1, -0.05) is 6.92 Å². The number of nitrogens with two attached hydrogens (primary N) is 1. The number of benzene rings is 1. The largest absolute Gasteiger partial charge is 0.341 e. The normalized spacial score (nSPS) is 12.3. The molecule has 0 aliphatic carbocycles. The van der Waals surface area contributed by atoms with Gasteiger partial charge < -0.3 is 10.6 Å². The first-order chi connectivity index (χ1) is 8.49. The molecular formula is C13H18F2N2O. The van der Waals surface area contributed by atoms with Gasteiger partial charge in [0.2, 0.25) is 5.91 Å². The van der Waals surface area contributed by atoms with E-state index in [1.807, 2.05) is 6.92 Å². The Morgan fingerprint density at radius 1 is 1.44 bits per heavy atom. The summed E-state index contributed by atoms with van der Waals surface area (Å²) < 4.78 is 26.4. The molecule has 0 bridgehead atoms. The molecule has 1 amide bonds. The van der Waals surface area contributed by atoms with Crippen LogP contribution in [-0.2, 0) is 11.3 Å². The van der Waals surface area contributed by atoms with Crippen molar-refractivity contribution in [1.29, 1.82) is 0 Å². The van der Waals surface area contributed by atoms with Crippen LogP contribution in [-0.4, -0.2) is 24.4 Å². The molecule has 0 saturated heterocycles. The van der Waals surface area contributed by atoms with E-state index in [0.29, 0.717) is 6.42 Å². The molecule has 0 heterocycles. The van der Waals surface area contributed by atoms with Gasteiger partial charge in [-0.15, -0.1) is 0 Å². The van der Waals surface area contributed by atoms with Crippen LogP contribution in [0.3, 0.4) is 0 Å². The van der Waals surface area contributed by atoms with Crippen molar-refractivity contribution in [3.8, 4) is 0 Å². The van der Waals surface area contributed by atoms with Crippen LogP contribution in [0.2, 0.25) is 0 Å². The lowest BCUT2D eigenvalue weighted by atomic mass is 10.1. The zero-order valence-electron chi connectivity index (χ0n) is 10.6. The number of nitrogens with zero attached hydrogens (tertiary/aromatic N) is 1. The quantitative estimate of drug-likeness (QED) is 0.874. The smallest absolute Gasteiger partial charge is 0.226 e. The van der Waals surface area contributed by atoms with E-state index in [0.717, 1.165) is 18.2 Å². The van der Waals surface area contributed by atoms with Crippen LogP contribution in [0.5, 0.6) is 0 Å². The molecule has 0 fully saturated rings. The lowest BCUT2D eigenvalue weighted by Crippen LogP contribution is -2.36. The molecule has 0 radical (unpaired) electrons. The van der Waals surface area contributed by atoms with Gasteiger partial charge in [0, 0.05) is 25.7 Å². The zero-order valence-corrected chi connectivity index (χ0v) is 10.6. The number of hydrogen-bond acceptors (Lipinski definition) is 2. The molecule has 2 N–H and O–H groups in total. The highest BCUT2D eigenvalue weighted by molar-refractivity contribution is 5.78. The maximum Gasteiger partial charge on any atom is 0.226 e. The molecule has 0 aliphatic heterocycles. The monoisotopic (exact) mass is 256 g/mol. The number of carbonyl (C=O) groups is 1. The molecule has 18 heavy (non-hydrogen) atoms. The summed E-state index contributed by atoms with van der Waals surface area (Å²) >= 11 is 0. The maximum absolute atomic E-state index is 13.4. The van der Waals surface area contributed by atoms with E-state index in [1.54, 1.807) is 7.05 Å². The Labute approximate surface area is 106 Å². The van der Waals surface area contributed by atoms with Gasteiger partial charge in [0.15, 0.2) is 0 Å². The van der Waals surface area contributed by atoms with Gasteiger partial charge in [-0.3, -0.25) is 4.79 Å². The van der Waals surface area contributed by atoms with E-state index >= 15 is 0 Å². The Bertz CT molecular complexity index is 419. The van der Waals surface area contributed by atoms with Crippen molar-refractivity contribution >= 4 is 5.91 Å². The summed E-state index contributed by atoms with van der Waals surface area (Å²) in [5.41, 5.74) is 5.65. The fourth-order valence-electron chi connectivity index (χ4n) is 1.75. The van der Waals surface area contributed by atoms with Crippen LogP contribution in [0.4, 0.5) is 8.78 Å². The molecule has 1 unspecified atom stereocenters. The van der Waals surface area contributed by atoms with E-state index in [-0.39, 0.29) is 30.5 Å². The maximum atomic E-state index is 13.4. The lowest BCUT2D eigenvalue weighted by molar-refractivity contribution is -0.134. The van der Waals surface area contributed by atoms with Crippen molar-refractivity contribution in [3.05, 3.63) is 35.4 Å². The topological polar surface area (TPSA) is 46.3 Å². The highest BCUT2D eigenvalue weighted by Crippen LogP contribution is 2.14. The molecule has 0 aliphatic rings. The highest BCUT2D eigenvalue weighted by Gasteiger charge is 2.19. The number of rotatable bonds is 5. The van der Waals surface area contributed by atoms with Gasteiger partial charge in [0.1, 0.15) is 11.6 Å². The first kappa shape index (κ1) is 14.6. The molecular weight excluding hydrogens is 238 g/mol. The third kappa shape index (κ3) is 3.50. The molecule has 0 aromatic heterocycles. The van der Waals surface area contributed by atoms with E-state index in [9.17, 15) is 13.6 Å². The van der Waals surface area contributed by atoms with Gasteiger partial charge in [0.25, 0.3) is 0 Å². The lowest BCUT2D eigenvalue weighted by Gasteiger charge is -2.22. The van der Waals surface area contributed by atoms with Gasteiger partial charge in [-0.2, -0.15) is 0 Å². The van der Waals surface area contributed by atoms with E-state index in [4.69, 9.17) is 5.73 Å². The summed E-state index contributed by atoms with van der Waals surface area (Å²) in [6.07, 6.45) is 0.630. The minimum absolute atomic E-state index is 0.0406. The Hall–Kier alpha value is -1.49. The van der Waals surface area contributed by atoms with Crippen molar-refractivity contribution < 1.29 is 13.6 Å². The zero-order chi connectivity index (χ0) is 13.7. The number of hydrogen-bond donors (Lipinski definition) is 1. The van der Waals surface area contributed by atoms with Crippen LogP contribution in [0.15, 0.2) is 18.2 Å². The summed E-state index contributed by atoms with van der Waals surface area (Å²) in [6.45, 7) is 2.16. The minimum Gasteiger partial charge on any atom is -0.341 e. The van der Waals surface area contributed by atoms with Crippen molar-refractivity contribution in [2.75, 3.05) is 13.6 Å². The summed E-state index contributed by atoms with van der Waals surface area (Å²) in [7, 11) is 1.56. The van der Waals surface area contributed by atoms with Crippen LogP contribution in [0, 0.1) is 17.6 Å². The SMILES string of the molecule is CCC(CN)C(=O)N(C)Cc1cc(F)ccc1F. The molecule has 0 spiro atoms. The summed E-state index contributed by atoms with van der Waals surface area (Å²) in [5, 5.41) is 0. The van der Waals surface area contributed by atoms with Gasteiger partial charge in [-0.25, -0.2) is 8.78 Å². The fourth-order valence-corrected chi connectivity index (χ4v) is 1.75. The van der Waals surface area contributed by atoms with E-state index in [1.165, 1.54) is 4.90 Å². The molecule has 1 rings (SSSR count). The van der Waals surface area contributed by atoms with Crippen molar-refractivity contribution in [2.24, 2.45) is 11.7 Å². The van der Waals surface area contributed by atoms with Gasteiger partial charge in [0.05, 0.1) is 5.92 Å². The molecule has 5 heteroatoms. The number of halogens is 2. The second-order valence-corrected chi connectivity index (χ2v) is 4.27. The second kappa shape index (κ2) is 6.44. The summed E-state index contributed by atoms with van der Waals surface area (Å²) in [5.74, 6) is -1.45. The van der Waals surface area contributed by atoms with Crippen molar-refractivity contribution in [1.82, 2.24) is 4.90 Å². The number of amides is 1.